The van der Waals surface area contributed by atoms with Crippen molar-refractivity contribution in [3.05, 3.63) is 29.8 Å². The maximum atomic E-state index is 13.3. The third kappa shape index (κ3) is 4.80. The number of hydrogen-bond donors (Lipinski definition) is 2. The molecule has 0 aromatic heterocycles. The second kappa shape index (κ2) is 6.92. The minimum atomic E-state index is -1.76. The fourth-order valence-electron chi connectivity index (χ4n) is 1.35. The first-order valence-electron chi connectivity index (χ1n) is 5.65. The molecule has 0 saturated heterocycles. The van der Waals surface area contributed by atoms with Crippen molar-refractivity contribution in [3.8, 4) is 0 Å². The number of rotatable bonds is 6. The highest BCUT2D eigenvalue weighted by molar-refractivity contribution is 7.85. The molecule has 0 aliphatic heterocycles. The van der Waals surface area contributed by atoms with E-state index in [0.717, 1.165) is 18.2 Å². The van der Waals surface area contributed by atoms with E-state index in [-0.39, 0.29) is 23.2 Å². The van der Waals surface area contributed by atoms with Gasteiger partial charge >= 0.3 is 0 Å². The van der Waals surface area contributed by atoms with Gasteiger partial charge in [-0.1, -0.05) is 13.8 Å². The van der Waals surface area contributed by atoms with Crippen LogP contribution in [0.15, 0.2) is 23.1 Å². The van der Waals surface area contributed by atoms with Crippen molar-refractivity contribution < 1.29 is 18.1 Å². The summed E-state index contributed by atoms with van der Waals surface area (Å²) in [6.45, 7) is 4.09. The summed E-state index contributed by atoms with van der Waals surface area (Å²) < 4.78 is 38.0. The summed E-state index contributed by atoms with van der Waals surface area (Å²) in [5.41, 5.74) is 0. The molecule has 18 heavy (non-hydrogen) atoms. The predicted octanol–water partition coefficient (Wildman–Crippen LogP) is 1.43. The molecule has 3 nitrogen and oxygen atoms in total. The van der Waals surface area contributed by atoms with E-state index in [1.165, 1.54) is 0 Å². The van der Waals surface area contributed by atoms with Crippen LogP contribution in [0.25, 0.3) is 0 Å². The lowest BCUT2D eigenvalue weighted by Gasteiger charge is -2.14. The molecule has 0 bridgehead atoms. The van der Waals surface area contributed by atoms with E-state index in [4.69, 9.17) is 0 Å². The first-order valence-corrected chi connectivity index (χ1v) is 6.97. The van der Waals surface area contributed by atoms with Crippen LogP contribution in [0.5, 0.6) is 0 Å². The van der Waals surface area contributed by atoms with Gasteiger partial charge in [0.15, 0.2) is 0 Å². The van der Waals surface area contributed by atoms with Gasteiger partial charge in [0.1, 0.15) is 11.6 Å². The number of aliphatic hydroxyl groups excluding tert-OH is 1. The SMILES string of the molecule is CC(C)NCC(O)CS(=O)c1cc(F)ccc1F. The molecule has 0 aliphatic rings. The average Bonchev–Trinajstić information content (AvgIpc) is 2.29. The van der Waals surface area contributed by atoms with Crippen molar-refractivity contribution in [3.63, 3.8) is 0 Å². The Morgan fingerprint density at radius 1 is 1.39 bits per heavy atom. The third-order valence-electron chi connectivity index (χ3n) is 2.24. The maximum absolute atomic E-state index is 13.3. The second-order valence-electron chi connectivity index (χ2n) is 4.30. The number of aliphatic hydroxyl groups is 1. The molecule has 1 aromatic rings. The van der Waals surface area contributed by atoms with Gasteiger partial charge in [-0.3, -0.25) is 4.21 Å². The van der Waals surface area contributed by atoms with Crippen LogP contribution in [-0.2, 0) is 10.8 Å². The fraction of sp³-hybridized carbons (Fsp3) is 0.500. The van der Waals surface area contributed by atoms with E-state index in [0.29, 0.717) is 0 Å². The molecule has 0 radical (unpaired) electrons. The van der Waals surface area contributed by atoms with E-state index in [9.17, 15) is 18.1 Å². The molecular formula is C12H17F2NO2S. The van der Waals surface area contributed by atoms with Crippen LogP contribution in [0.1, 0.15) is 13.8 Å². The molecule has 0 aliphatic carbocycles. The highest BCUT2D eigenvalue weighted by Crippen LogP contribution is 2.14. The smallest absolute Gasteiger partial charge is 0.139 e. The average molecular weight is 277 g/mol. The Balaban J connectivity index is 2.62. The molecule has 0 amide bonds. The summed E-state index contributed by atoms with van der Waals surface area (Å²) in [5.74, 6) is -1.49. The van der Waals surface area contributed by atoms with Gasteiger partial charge in [-0.05, 0) is 18.2 Å². The first kappa shape index (κ1) is 15.2. The van der Waals surface area contributed by atoms with Crippen LogP contribution in [0, 0.1) is 11.6 Å². The summed E-state index contributed by atoms with van der Waals surface area (Å²) in [4.78, 5) is -0.210. The van der Waals surface area contributed by atoms with E-state index in [2.05, 4.69) is 5.32 Å². The Labute approximate surface area is 108 Å². The highest BCUT2D eigenvalue weighted by Gasteiger charge is 2.15. The quantitative estimate of drug-likeness (QED) is 0.827. The van der Waals surface area contributed by atoms with Gasteiger partial charge in [-0.2, -0.15) is 0 Å². The molecule has 2 unspecified atom stereocenters. The van der Waals surface area contributed by atoms with Crippen molar-refractivity contribution in [2.45, 2.75) is 30.9 Å². The van der Waals surface area contributed by atoms with Crippen LogP contribution in [0.3, 0.4) is 0 Å². The van der Waals surface area contributed by atoms with Crippen LogP contribution in [0.2, 0.25) is 0 Å². The molecule has 0 heterocycles. The van der Waals surface area contributed by atoms with Gasteiger partial charge in [-0.25, -0.2) is 8.78 Å². The normalized spacial score (nSPS) is 14.8. The summed E-state index contributed by atoms with van der Waals surface area (Å²) in [5, 5.41) is 12.6. The van der Waals surface area contributed by atoms with Crippen molar-refractivity contribution in [1.82, 2.24) is 5.32 Å². The lowest BCUT2D eigenvalue weighted by atomic mass is 10.3. The molecular weight excluding hydrogens is 260 g/mol. The van der Waals surface area contributed by atoms with Crippen molar-refractivity contribution in [2.24, 2.45) is 0 Å². The van der Waals surface area contributed by atoms with Crippen molar-refractivity contribution in [1.29, 1.82) is 0 Å². The van der Waals surface area contributed by atoms with Crippen molar-refractivity contribution in [2.75, 3.05) is 12.3 Å². The minimum Gasteiger partial charge on any atom is -0.391 e. The second-order valence-corrected chi connectivity index (χ2v) is 5.77. The Morgan fingerprint density at radius 2 is 2.06 bits per heavy atom. The van der Waals surface area contributed by atoms with Crippen LogP contribution >= 0.6 is 0 Å². The Bertz CT molecular complexity index is 427. The largest absolute Gasteiger partial charge is 0.391 e. The molecule has 2 atom stereocenters. The zero-order valence-corrected chi connectivity index (χ0v) is 11.1. The summed E-state index contributed by atoms with van der Waals surface area (Å²) in [6, 6.07) is 2.99. The standard InChI is InChI=1S/C12H17F2NO2S/c1-8(2)15-6-10(16)7-18(17)12-5-9(13)3-4-11(12)14/h3-5,8,10,15-16H,6-7H2,1-2H3. The summed E-state index contributed by atoms with van der Waals surface area (Å²) in [6.07, 6.45) is -0.865. The van der Waals surface area contributed by atoms with E-state index in [1.54, 1.807) is 0 Å². The monoisotopic (exact) mass is 277 g/mol. The molecule has 0 spiro atoms. The number of halogens is 2. The fourth-order valence-corrected chi connectivity index (χ4v) is 2.52. The van der Waals surface area contributed by atoms with Gasteiger partial charge in [-0.15, -0.1) is 0 Å². The third-order valence-corrected chi connectivity index (χ3v) is 3.73. The van der Waals surface area contributed by atoms with Gasteiger partial charge in [0.25, 0.3) is 0 Å². The molecule has 0 saturated carbocycles. The lowest BCUT2D eigenvalue weighted by Crippen LogP contribution is -2.34. The zero-order chi connectivity index (χ0) is 13.7. The number of benzene rings is 1. The van der Waals surface area contributed by atoms with Crippen LogP contribution in [0.4, 0.5) is 8.78 Å². The Morgan fingerprint density at radius 3 is 2.67 bits per heavy atom. The van der Waals surface area contributed by atoms with Gasteiger partial charge in [0, 0.05) is 12.6 Å². The summed E-state index contributed by atoms with van der Waals surface area (Å²) >= 11 is 0. The number of hydrogen-bond acceptors (Lipinski definition) is 3. The topological polar surface area (TPSA) is 49.3 Å². The van der Waals surface area contributed by atoms with E-state index in [1.807, 2.05) is 13.8 Å². The Kier molecular flexibility index (Phi) is 5.84. The van der Waals surface area contributed by atoms with Gasteiger partial charge in [0.05, 0.1) is 27.6 Å². The molecule has 1 rings (SSSR count). The minimum absolute atomic E-state index is 0.125. The molecule has 0 fully saturated rings. The molecule has 102 valence electrons. The molecule has 1 aromatic carbocycles. The van der Waals surface area contributed by atoms with Crippen LogP contribution < -0.4 is 5.32 Å². The summed E-state index contributed by atoms with van der Waals surface area (Å²) in [7, 11) is -1.76. The first-order chi connectivity index (χ1) is 8.40. The zero-order valence-electron chi connectivity index (χ0n) is 10.3. The maximum Gasteiger partial charge on any atom is 0.139 e. The lowest BCUT2D eigenvalue weighted by molar-refractivity contribution is 0.191. The van der Waals surface area contributed by atoms with Gasteiger partial charge in [0.2, 0.25) is 0 Å². The predicted molar refractivity (Wildman–Crippen MR) is 66.8 cm³/mol. The molecule has 6 heteroatoms. The highest BCUT2D eigenvalue weighted by atomic mass is 32.2. The van der Waals surface area contributed by atoms with E-state index < -0.39 is 28.5 Å². The molecule has 2 N–H and O–H groups in total. The number of nitrogens with one attached hydrogen (secondary N) is 1. The van der Waals surface area contributed by atoms with Gasteiger partial charge < -0.3 is 10.4 Å². The van der Waals surface area contributed by atoms with Crippen molar-refractivity contribution >= 4 is 10.8 Å². The Hall–Kier alpha value is -0.850. The van der Waals surface area contributed by atoms with Crippen LogP contribution in [-0.4, -0.2) is 33.8 Å². The van der Waals surface area contributed by atoms with E-state index >= 15 is 0 Å².